The quantitative estimate of drug-likeness (QED) is 0.777. The van der Waals surface area contributed by atoms with Crippen LogP contribution in [0.5, 0.6) is 0 Å². The lowest BCUT2D eigenvalue weighted by Gasteiger charge is -2.05. The third-order valence-electron chi connectivity index (χ3n) is 1.85. The average Bonchev–Trinajstić information content (AvgIpc) is 2.36. The van der Waals surface area contributed by atoms with Gasteiger partial charge in [0.05, 0.1) is 5.01 Å². The van der Waals surface area contributed by atoms with Crippen LogP contribution in [-0.2, 0) is 6.42 Å². The summed E-state index contributed by atoms with van der Waals surface area (Å²) in [4.78, 5) is 4.41. The van der Waals surface area contributed by atoms with Crippen LogP contribution in [0.25, 0.3) is 0 Å². The minimum Gasteiger partial charge on any atom is -0.330 e. The van der Waals surface area contributed by atoms with Gasteiger partial charge in [-0.2, -0.15) is 0 Å². The van der Waals surface area contributed by atoms with Crippen molar-refractivity contribution in [3.63, 3.8) is 0 Å². The Bertz CT molecular complexity index is 232. The molecule has 1 aromatic rings. The zero-order chi connectivity index (χ0) is 8.97. The molecule has 0 bridgehead atoms. The number of nitrogens with zero attached hydrogens (tertiary/aromatic N) is 1. The average molecular weight is 184 g/mol. The Labute approximate surface area is 77.8 Å². The molecule has 0 aliphatic heterocycles. The van der Waals surface area contributed by atoms with Gasteiger partial charge in [-0.15, -0.1) is 11.3 Å². The van der Waals surface area contributed by atoms with Gasteiger partial charge in [0.2, 0.25) is 0 Å². The monoisotopic (exact) mass is 184 g/mol. The first kappa shape index (κ1) is 9.68. The molecule has 0 aromatic carbocycles. The standard InChI is InChI=1S/C9H16N2S/c1-7(3-4-10)5-9-11-8(2)6-12-9/h6-7H,3-5,10H2,1-2H3. The summed E-state index contributed by atoms with van der Waals surface area (Å²) in [5.41, 5.74) is 6.61. The van der Waals surface area contributed by atoms with Crippen LogP contribution in [0.3, 0.4) is 0 Å². The van der Waals surface area contributed by atoms with Gasteiger partial charge in [-0.1, -0.05) is 6.92 Å². The Hall–Kier alpha value is -0.410. The Morgan fingerprint density at radius 2 is 2.42 bits per heavy atom. The lowest BCUT2D eigenvalue weighted by molar-refractivity contribution is 0.537. The smallest absolute Gasteiger partial charge is 0.0930 e. The number of aromatic nitrogens is 1. The molecule has 1 aromatic heterocycles. The third kappa shape index (κ3) is 2.91. The van der Waals surface area contributed by atoms with Crippen molar-refractivity contribution in [1.29, 1.82) is 0 Å². The van der Waals surface area contributed by atoms with Crippen LogP contribution < -0.4 is 5.73 Å². The summed E-state index contributed by atoms with van der Waals surface area (Å²) in [7, 11) is 0. The molecule has 0 spiro atoms. The summed E-state index contributed by atoms with van der Waals surface area (Å²) >= 11 is 1.75. The molecule has 68 valence electrons. The molecule has 3 heteroatoms. The first-order chi connectivity index (χ1) is 5.72. The third-order valence-corrected chi connectivity index (χ3v) is 2.84. The Kier molecular flexibility index (Phi) is 3.69. The minimum absolute atomic E-state index is 0.667. The number of rotatable bonds is 4. The molecule has 0 fully saturated rings. The van der Waals surface area contributed by atoms with Crippen LogP contribution in [0.2, 0.25) is 0 Å². The van der Waals surface area contributed by atoms with Gasteiger partial charge in [0.25, 0.3) is 0 Å². The second-order valence-corrected chi connectivity index (χ2v) is 4.21. The van der Waals surface area contributed by atoms with E-state index in [0.717, 1.165) is 25.1 Å². The van der Waals surface area contributed by atoms with Crippen LogP contribution in [0.1, 0.15) is 24.0 Å². The Balaban J connectivity index is 2.41. The predicted octanol–water partition coefficient (Wildman–Crippen LogP) is 1.98. The van der Waals surface area contributed by atoms with Gasteiger partial charge in [0.15, 0.2) is 0 Å². The topological polar surface area (TPSA) is 38.9 Å². The van der Waals surface area contributed by atoms with E-state index in [9.17, 15) is 0 Å². The molecule has 1 heterocycles. The van der Waals surface area contributed by atoms with E-state index in [1.807, 2.05) is 6.92 Å². The summed E-state index contributed by atoms with van der Waals surface area (Å²) in [6.45, 7) is 5.04. The molecule has 1 unspecified atom stereocenters. The van der Waals surface area contributed by atoms with Crippen molar-refractivity contribution < 1.29 is 0 Å². The van der Waals surface area contributed by atoms with Crippen molar-refractivity contribution in [1.82, 2.24) is 4.98 Å². The second-order valence-electron chi connectivity index (χ2n) is 3.27. The zero-order valence-electron chi connectivity index (χ0n) is 7.71. The fraction of sp³-hybridized carbons (Fsp3) is 0.667. The van der Waals surface area contributed by atoms with Crippen LogP contribution >= 0.6 is 11.3 Å². The highest BCUT2D eigenvalue weighted by molar-refractivity contribution is 7.09. The molecule has 0 aliphatic rings. The molecule has 0 amide bonds. The summed E-state index contributed by atoms with van der Waals surface area (Å²) < 4.78 is 0. The fourth-order valence-corrected chi connectivity index (χ4v) is 2.12. The van der Waals surface area contributed by atoms with E-state index in [1.165, 1.54) is 5.01 Å². The van der Waals surface area contributed by atoms with Crippen molar-refractivity contribution in [2.75, 3.05) is 6.54 Å². The molecule has 2 N–H and O–H groups in total. The number of aryl methyl sites for hydroxylation is 1. The minimum atomic E-state index is 0.667. The van der Waals surface area contributed by atoms with Crippen molar-refractivity contribution in [3.05, 3.63) is 16.1 Å². The van der Waals surface area contributed by atoms with Gasteiger partial charge in [-0.3, -0.25) is 0 Å². The van der Waals surface area contributed by atoms with Gasteiger partial charge in [0.1, 0.15) is 0 Å². The summed E-state index contributed by atoms with van der Waals surface area (Å²) in [6, 6.07) is 0. The lowest BCUT2D eigenvalue weighted by atomic mass is 10.1. The molecule has 0 aliphatic carbocycles. The van der Waals surface area contributed by atoms with Gasteiger partial charge in [-0.05, 0) is 25.8 Å². The van der Waals surface area contributed by atoms with Crippen LogP contribution in [0.15, 0.2) is 5.38 Å². The predicted molar refractivity (Wildman–Crippen MR) is 53.4 cm³/mol. The fourth-order valence-electron chi connectivity index (χ4n) is 1.18. The molecule has 0 saturated heterocycles. The van der Waals surface area contributed by atoms with Crippen LogP contribution in [0, 0.1) is 12.8 Å². The largest absolute Gasteiger partial charge is 0.330 e. The maximum absolute atomic E-state index is 5.47. The molecule has 0 saturated carbocycles. The normalized spacial score (nSPS) is 13.2. The molecule has 2 nitrogen and oxygen atoms in total. The second kappa shape index (κ2) is 4.58. The van der Waals surface area contributed by atoms with E-state index in [0.29, 0.717) is 5.92 Å². The molecular formula is C9H16N2S. The van der Waals surface area contributed by atoms with Gasteiger partial charge < -0.3 is 5.73 Å². The lowest BCUT2D eigenvalue weighted by Crippen LogP contribution is -2.07. The highest BCUT2D eigenvalue weighted by Crippen LogP contribution is 2.15. The number of hydrogen-bond donors (Lipinski definition) is 1. The summed E-state index contributed by atoms with van der Waals surface area (Å²) in [5, 5.41) is 3.35. The summed E-state index contributed by atoms with van der Waals surface area (Å²) in [6.07, 6.45) is 2.17. The first-order valence-electron chi connectivity index (χ1n) is 4.33. The Morgan fingerprint density at radius 1 is 1.67 bits per heavy atom. The van der Waals surface area contributed by atoms with Gasteiger partial charge in [0, 0.05) is 17.5 Å². The molecular weight excluding hydrogens is 168 g/mol. The maximum Gasteiger partial charge on any atom is 0.0930 e. The van der Waals surface area contributed by atoms with Crippen molar-refractivity contribution in [3.8, 4) is 0 Å². The highest BCUT2D eigenvalue weighted by Gasteiger charge is 2.05. The SMILES string of the molecule is Cc1csc(CC(C)CCN)n1. The summed E-state index contributed by atoms with van der Waals surface area (Å²) in [5.74, 6) is 0.667. The molecule has 12 heavy (non-hydrogen) atoms. The molecule has 0 radical (unpaired) electrons. The van der Waals surface area contributed by atoms with Crippen molar-refractivity contribution >= 4 is 11.3 Å². The van der Waals surface area contributed by atoms with E-state index in [4.69, 9.17) is 5.73 Å². The van der Waals surface area contributed by atoms with Crippen LogP contribution in [0.4, 0.5) is 0 Å². The molecule has 1 atom stereocenters. The van der Waals surface area contributed by atoms with Crippen LogP contribution in [-0.4, -0.2) is 11.5 Å². The van der Waals surface area contributed by atoms with Gasteiger partial charge >= 0.3 is 0 Å². The van der Waals surface area contributed by atoms with E-state index in [-0.39, 0.29) is 0 Å². The van der Waals surface area contributed by atoms with E-state index in [1.54, 1.807) is 11.3 Å². The molecule has 1 rings (SSSR count). The Morgan fingerprint density at radius 3 is 2.92 bits per heavy atom. The highest BCUT2D eigenvalue weighted by atomic mass is 32.1. The first-order valence-corrected chi connectivity index (χ1v) is 5.21. The van der Waals surface area contributed by atoms with E-state index in [2.05, 4.69) is 17.3 Å². The zero-order valence-corrected chi connectivity index (χ0v) is 8.53. The van der Waals surface area contributed by atoms with Crippen molar-refractivity contribution in [2.45, 2.75) is 26.7 Å². The maximum atomic E-state index is 5.47. The van der Waals surface area contributed by atoms with E-state index < -0.39 is 0 Å². The van der Waals surface area contributed by atoms with Crippen molar-refractivity contribution in [2.24, 2.45) is 11.7 Å². The number of thiazole rings is 1. The van der Waals surface area contributed by atoms with E-state index >= 15 is 0 Å². The number of nitrogens with two attached hydrogens (primary N) is 1. The van der Waals surface area contributed by atoms with Gasteiger partial charge in [-0.25, -0.2) is 4.98 Å². The number of hydrogen-bond acceptors (Lipinski definition) is 3.